The Hall–Kier alpha value is -0.860. The average molecular weight is 192 g/mol. The van der Waals surface area contributed by atoms with Crippen LogP contribution in [0.15, 0.2) is 24.3 Å². The standard InChI is InChI=1S/C12H16O2/c1-14-9-11-4-2-10(3-5-11)8-12(13)6-7-12/h2-5,13H,6-9H2,1H3. The molecule has 0 saturated heterocycles. The first kappa shape index (κ1) is 9.69. The van der Waals surface area contributed by atoms with Crippen LogP contribution in [0.3, 0.4) is 0 Å². The fourth-order valence-corrected chi connectivity index (χ4v) is 1.62. The number of methoxy groups -OCH3 is 1. The van der Waals surface area contributed by atoms with Gasteiger partial charge in [-0.05, 0) is 24.0 Å². The lowest BCUT2D eigenvalue weighted by Crippen LogP contribution is -2.10. The lowest BCUT2D eigenvalue weighted by atomic mass is 10.1. The molecule has 0 heterocycles. The Morgan fingerprint density at radius 3 is 2.29 bits per heavy atom. The molecule has 1 N–H and O–H groups in total. The zero-order valence-corrected chi connectivity index (χ0v) is 8.49. The molecule has 0 atom stereocenters. The van der Waals surface area contributed by atoms with Crippen LogP contribution in [0.5, 0.6) is 0 Å². The fraction of sp³-hybridized carbons (Fsp3) is 0.500. The van der Waals surface area contributed by atoms with Gasteiger partial charge in [0.1, 0.15) is 0 Å². The van der Waals surface area contributed by atoms with Gasteiger partial charge in [0.05, 0.1) is 12.2 Å². The van der Waals surface area contributed by atoms with Gasteiger partial charge in [-0.3, -0.25) is 0 Å². The van der Waals surface area contributed by atoms with Crippen molar-refractivity contribution in [2.45, 2.75) is 31.5 Å². The van der Waals surface area contributed by atoms with Crippen molar-refractivity contribution >= 4 is 0 Å². The molecule has 1 aromatic carbocycles. The molecule has 14 heavy (non-hydrogen) atoms. The fourth-order valence-electron chi connectivity index (χ4n) is 1.62. The molecule has 0 aliphatic heterocycles. The van der Waals surface area contributed by atoms with Gasteiger partial charge in [-0.15, -0.1) is 0 Å². The van der Waals surface area contributed by atoms with Crippen molar-refractivity contribution in [3.8, 4) is 0 Å². The highest BCUT2D eigenvalue weighted by atomic mass is 16.5. The van der Waals surface area contributed by atoms with Gasteiger partial charge in [-0.2, -0.15) is 0 Å². The van der Waals surface area contributed by atoms with Gasteiger partial charge >= 0.3 is 0 Å². The highest BCUT2D eigenvalue weighted by Gasteiger charge is 2.39. The second-order valence-electron chi connectivity index (χ2n) is 4.15. The molecule has 1 saturated carbocycles. The Bertz CT molecular complexity index is 299. The minimum absolute atomic E-state index is 0.386. The predicted molar refractivity (Wildman–Crippen MR) is 55.0 cm³/mol. The number of benzene rings is 1. The van der Waals surface area contributed by atoms with Gasteiger partial charge in [0.25, 0.3) is 0 Å². The van der Waals surface area contributed by atoms with E-state index in [4.69, 9.17) is 4.74 Å². The summed E-state index contributed by atoms with van der Waals surface area (Å²) in [6, 6.07) is 8.27. The van der Waals surface area contributed by atoms with Crippen LogP contribution in [0.25, 0.3) is 0 Å². The molecule has 0 bridgehead atoms. The number of rotatable bonds is 4. The number of hydrogen-bond donors (Lipinski definition) is 1. The third-order valence-corrected chi connectivity index (χ3v) is 2.69. The molecule has 0 radical (unpaired) electrons. The molecule has 76 valence electrons. The first-order valence-corrected chi connectivity index (χ1v) is 5.01. The van der Waals surface area contributed by atoms with Crippen LogP contribution in [0.2, 0.25) is 0 Å². The van der Waals surface area contributed by atoms with Crippen LogP contribution >= 0.6 is 0 Å². The van der Waals surface area contributed by atoms with Crippen molar-refractivity contribution in [3.63, 3.8) is 0 Å². The van der Waals surface area contributed by atoms with Gasteiger partial charge in [-0.25, -0.2) is 0 Å². The van der Waals surface area contributed by atoms with Crippen LogP contribution < -0.4 is 0 Å². The zero-order chi connectivity index (χ0) is 10.0. The molecular weight excluding hydrogens is 176 g/mol. The van der Waals surface area contributed by atoms with Crippen molar-refractivity contribution in [1.29, 1.82) is 0 Å². The minimum Gasteiger partial charge on any atom is -0.390 e. The summed E-state index contributed by atoms with van der Waals surface area (Å²) in [5.41, 5.74) is 2.01. The summed E-state index contributed by atoms with van der Waals surface area (Å²) in [6.45, 7) is 0.657. The van der Waals surface area contributed by atoms with E-state index in [2.05, 4.69) is 24.3 Å². The molecule has 2 nitrogen and oxygen atoms in total. The van der Waals surface area contributed by atoms with Crippen LogP contribution in [-0.4, -0.2) is 17.8 Å². The normalized spacial score (nSPS) is 18.1. The molecule has 1 aromatic rings. The van der Waals surface area contributed by atoms with E-state index >= 15 is 0 Å². The van der Waals surface area contributed by atoms with E-state index in [0.29, 0.717) is 6.61 Å². The summed E-state index contributed by atoms with van der Waals surface area (Å²) in [4.78, 5) is 0. The van der Waals surface area contributed by atoms with Crippen molar-refractivity contribution in [2.24, 2.45) is 0 Å². The van der Waals surface area contributed by atoms with E-state index in [1.807, 2.05) is 0 Å². The lowest BCUT2D eigenvalue weighted by molar-refractivity contribution is 0.151. The summed E-state index contributed by atoms with van der Waals surface area (Å²) in [5.74, 6) is 0. The quantitative estimate of drug-likeness (QED) is 0.789. The van der Waals surface area contributed by atoms with Crippen molar-refractivity contribution in [3.05, 3.63) is 35.4 Å². The Morgan fingerprint density at radius 1 is 1.21 bits per heavy atom. The third kappa shape index (κ3) is 2.34. The van der Waals surface area contributed by atoms with Crippen LogP contribution in [-0.2, 0) is 17.8 Å². The van der Waals surface area contributed by atoms with Gasteiger partial charge in [-0.1, -0.05) is 24.3 Å². The molecule has 0 amide bonds. The molecule has 1 aliphatic carbocycles. The molecule has 2 heteroatoms. The summed E-state index contributed by atoms with van der Waals surface area (Å²) >= 11 is 0. The van der Waals surface area contributed by atoms with E-state index in [-0.39, 0.29) is 5.60 Å². The molecule has 0 unspecified atom stereocenters. The maximum absolute atomic E-state index is 9.73. The van der Waals surface area contributed by atoms with E-state index in [0.717, 1.165) is 19.3 Å². The molecule has 1 fully saturated rings. The number of ether oxygens (including phenoxy) is 1. The second kappa shape index (κ2) is 3.71. The van der Waals surface area contributed by atoms with Crippen LogP contribution in [0.1, 0.15) is 24.0 Å². The van der Waals surface area contributed by atoms with E-state index in [1.54, 1.807) is 7.11 Å². The Kier molecular flexibility index (Phi) is 2.57. The molecular formula is C12H16O2. The van der Waals surface area contributed by atoms with Crippen molar-refractivity contribution in [2.75, 3.05) is 7.11 Å². The first-order chi connectivity index (χ1) is 6.72. The Morgan fingerprint density at radius 2 is 1.79 bits per heavy atom. The molecule has 0 aromatic heterocycles. The summed E-state index contributed by atoms with van der Waals surface area (Å²) < 4.78 is 5.03. The van der Waals surface area contributed by atoms with Crippen LogP contribution in [0, 0.1) is 0 Å². The zero-order valence-electron chi connectivity index (χ0n) is 8.49. The molecule has 2 rings (SSSR count). The number of aliphatic hydroxyl groups is 1. The van der Waals surface area contributed by atoms with E-state index in [9.17, 15) is 5.11 Å². The summed E-state index contributed by atoms with van der Waals surface area (Å²) in [6.07, 6.45) is 2.69. The SMILES string of the molecule is COCc1ccc(CC2(O)CC2)cc1. The topological polar surface area (TPSA) is 29.5 Å². The van der Waals surface area contributed by atoms with Gasteiger partial charge in [0.2, 0.25) is 0 Å². The Labute approximate surface area is 84.5 Å². The molecule has 1 aliphatic rings. The van der Waals surface area contributed by atoms with Gasteiger partial charge in [0.15, 0.2) is 0 Å². The largest absolute Gasteiger partial charge is 0.390 e. The number of hydrogen-bond acceptors (Lipinski definition) is 2. The van der Waals surface area contributed by atoms with Gasteiger partial charge < -0.3 is 9.84 Å². The van der Waals surface area contributed by atoms with Crippen molar-refractivity contribution < 1.29 is 9.84 Å². The van der Waals surface area contributed by atoms with Crippen molar-refractivity contribution in [1.82, 2.24) is 0 Å². The highest BCUT2D eigenvalue weighted by molar-refractivity contribution is 5.24. The summed E-state index contributed by atoms with van der Waals surface area (Å²) in [7, 11) is 1.70. The predicted octanol–water partition coefficient (Wildman–Crippen LogP) is 1.90. The maximum Gasteiger partial charge on any atom is 0.0713 e. The molecule has 0 spiro atoms. The summed E-state index contributed by atoms with van der Waals surface area (Å²) in [5, 5.41) is 9.73. The average Bonchev–Trinajstić information content (AvgIpc) is 2.88. The third-order valence-electron chi connectivity index (χ3n) is 2.69. The van der Waals surface area contributed by atoms with E-state index < -0.39 is 0 Å². The Balaban J connectivity index is 1.99. The van der Waals surface area contributed by atoms with Crippen LogP contribution in [0.4, 0.5) is 0 Å². The van der Waals surface area contributed by atoms with Gasteiger partial charge in [0, 0.05) is 13.5 Å². The van der Waals surface area contributed by atoms with E-state index in [1.165, 1.54) is 11.1 Å². The second-order valence-corrected chi connectivity index (χ2v) is 4.15. The monoisotopic (exact) mass is 192 g/mol. The smallest absolute Gasteiger partial charge is 0.0713 e. The minimum atomic E-state index is -0.386. The first-order valence-electron chi connectivity index (χ1n) is 5.01. The highest BCUT2D eigenvalue weighted by Crippen LogP contribution is 2.38. The maximum atomic E-state index is 9.73. The lowest BCUT2D eigenvalue weighted by Gasteiger charge is -2.07.